The van der Waals surface area contributed by atoms with Gasteiger partial charge in [-0.05, 0) is 0 Å². The standard InChI is InChI=1S/C12H21OP/c1-4-13-14(5-2,6-3)12-10-8-7-9-11-12/h7-11,14H,4-6H2,1-3H3. The maximum absolute atomic E-state index is 6.05. The Bertz CT molecular complexity index is 254. The van der Waals surface area contributed by atoms with Gasteiger partial charge in [0.25, 0.3) is 0 Å². The van der Waals surface area contributed by atoms with E-state index in [0.29, 0.717) is 0 Å². The molecule has 1 aromatic rings. The summed E-state index contributed by atoms with van der Waals surface area (Å²) in [5.74, 6) is 0. The molecule has 0 atom stereocenters. The second-order valence-corrected chi connectivity index (χ2v) is 7.77. The second kappa shape index (κ2) is 5.48. The molecule has 0 aromatic heterocycles. The van der Waals surface area contributed by atoms with Crippen LogP contribution in [0.2, 0.25) is 0 Å². The first kappa shape index (κ1) is 11.7. The van der Waals surface area contributed by atoms with Crippen molar-refractivity contribution in [1.29, 1.82) is 0 Å². The van der Waals surface area contributed by atoms with Gasteiger partial charge in [0.1, 0.15) is 0 Å². The van der Waals surface area contributed by atoms with Crippen LogP contribution < -0.4 is 5.30 Å². The summed E-state index contributed by atoms with van der Waals surface area (Å²) in [7, 11) is -1.62. The molecular formula is C12H21OP. The van der Waals surface area contributed by atoms with E-state index in [0.717, 1.165) is 6.61 Å². The SMILES string of the molecule is CCO[PH](CC)(CC)c1ccccc1. The molecule has 0 bridgehead atoms. The van der Waals surface area contributed by atoms with Crippen molar-refractivity contribution >= 4 is 12.8 Å². The van der Waals surface area contributed by atoms with E-state index in [1.165, 1.54) is 17.6 Å². The normalized spacial score (nSPS) is 12.8. The molecule has 0 heterocycles. The molecule has 1 rings (SSSR count). The number of hydrogen-bond acceptors (Lipinski definition) is 1. The Hall–Kier alpha value is -0.390. The van der Waals surface area contributed by atoms with E-state index in [2.05, 4.69) is 51.1 Å². The fraction of sp³-hybridized carbons (Fsp3) is 0.500. The molecule has 80 valence electrons. The van der Waals surface area contributed by atoms with Crippen molar-refractivity contribution in [3.63, 3.8) is 0 Å². The van der Waals surface area contributed by atoms with Crippen molar-refractivity contribution in [3.8, 4) is 0 Å². The van der Waals surface area contributed by atoms with Gasteiger partial charge in [0.05, 0.1) is 0 Å². The molecule has 14 heavy (non-hydrogen) atoms. The van der Waals surface area contributed by atoms with Gasteiger partial charge in [-0.3, -0.25) is 0 Å². The molecule has 2 heteroatoms. The van der Waals surface area contributed by atoms with Crippen LogP contribution in [-0.4, -0.2) is 18.9 Å². The molecule has 0 fully saturated rings. The molecule has 1 nitrogen and oxygen atoms in total. The van der Waals surface area contributed by atoms with Gasteiger partial charge in [0, 0.05) is 0 Å². The van der Waals surface area contributed by atoms with Crippen LogP contribution >= 0.6 is 7.49 Å². The first-order valence-electron chi connectivity index (χ1n) is 5.48. The summed E-state index contributed by atoms with van der Waals surface area (Å²) in [4.78, 5) is 0. The summed E-state index contributed by atoms with van der Waals surface area (Å²) in [6.07, 6.45) is 2.34. The first-order chi connectivity index (χ1) is 6.79. The summed E-state index contributed by atoms with van der Waals surface area (Å²) >= 11 is 0. The second-order valence-electron chi connectivity index (χ2n) is 3.50. The summed E-state index contributed by atoms with van der Waals surface area (Å²) in [5.41, 5.74) is 0. The molecule has 0 unspecified atom stereocenters. The summed E-state index contributed by atoms with van der Waals surface area (Å²) < 4.78 is 6.05. The van der Waals surface area contributed by atoms with Crippen molar-refractivity contribution < 1.29 is 4.52 Å². The van der Waals surface area contributed by atoms with Crippen LogP contribution in [0.1, 0.15) is 20.8 Å². The minimum absolute atomic E-state index is 0.836. The summed E-state index contributed by atoms with van der Waals surface area (Å²) in [6.45, 7) is 7.43. The topological polar surface area (TPSA) is 9.23 Å². The monoisotopic (exact) mass is 212 g/mol. The van der Waals surface area contributed by atoms with Gasteiger partial charge < -0.3 is 0 Å². The number of hydrogen-bond donors (Lipinski definition) is 0. The van der Waals surface area contributed by atoms with Crippen LogP contribution in [0.25, 0.3) is 0 Å². The molecule has 0 spiro atoms. The Balaban J connectivity index is 2.98. The molecule has 0 saturated heterocycles. The van der Waals surface area contributed by atoms with Crippen molar-refractivity contribution in [3.05, 3.63) is 30.3 Å². The van der Waals surface area contributed by atoms with E-state index < -0.39 is 7.49 Å². The zero-order valence-electron chi connectivity index (χ0n) is 9.42. The van der Waals surface area contributed by atoms with E-state index in [9.17, 15) is 0 Å². The maximum atomic E-state index is 6.05. The van der Waals surface area contributed by atoms with Gasteiger partial charge in [0.2, 0.25) is 0 Å². The molecular weight excluding hydrogens is 191 g/mol. The molecule has 0 saturated carbocycles. The average Bonchev–Trinajstić information content (AvgIpc) is 2.27. The Morgan fingerprint density at radius 1 is 1.00 bits per heavy atom. The number of rotatable bonds is 5. The Labute approximate surface area is 87.9 Å². The molecule has 0 aliphatic heterocycles. The predicted molar refractivity (Wildman–Crippen MR) is 67.1 cm³/mol. The minimum atomic E-state index is -1.62. The summed E-state index contributed by atoms with van der Waals surface area (Å²) in [6, 6.07) is 10.7. The van der Waals surface area contributed by atoms with E-state index in [1.54, 1.807) is 0 Å². The van der Waals surface area contributed by atoms with Gasteiger partial charge in [-0.25, -0.2) is 0 Å². The zero-order chi connectivity index (χ0) is 10.4. The zero-order valence-corrected chi connectivity index (χ0v) is 10.4. The van der Waals surface area contributed by atoms with Gasteiger partial charge in [0.15, 0.2) is 0 Å². The molecule has 1 aromatic carbocycles. The Kier molecular flexibility index (Phi) is 4.57. The first-order valence-corrected chi connectivity index (χ1v) is 7.80. The average molecular weight is 212 g/mol. The fourth-order valence-electron chi connectivity index (χ4n) is 1.96. The van der Waals surface area contributed by atoms with Crippen LogP contribution in [0.3, 0.4) is 0 Å². The Morgan fingerprint density at radius 3 is 2.00 bits per heavy atom. The van der Waals surface area contributed by atoms with E-state index in [-0.39, 0.29) is 0 Å². The predicted octanol–water partition coefficient (Wildman–Crippen LogP) is 3.05. The third kappa shape index (κ3) is 2.34. The Morgan fingerprint density at radius 2 is 1.57 bits per heavy atom. The van der Waals surface area contributed by atoms with E-state index in [4.69, 9.17) is 4.52 Å². The van der Waals surface area contributed by atoms with Crippen LogP contribution in [0.15, 0.2) is 30.3 Å². The molecule has 0 amide bonds. The van der Waals surface area contributed by atoms with E-state index in [1.807, 2.05) is 0 Å². The van der Waals surface area contributed by atoms with Crippen LogP contribution in [0.4, 0.5) is 0 Å². The number of benzene rings is 1. The van der Waals surface area contributed by atoms with Crippen molar-refractivity contribution in [2.45, 2.75) is 20.8 Å². The van der Waals surface area contributed by atoms with Crippen molar-refractivity contribution in [1.82, 2.24) is 0 Å². The van der Waals surface area contributed by atoms with E-state index >= 15 is 0 Å². The fourth-order valence-corrected chi connectivity index (χ4v) is 5.21. The van der Waals surface area contributed by atoms with Gasteiger partial charge in [-0.2, -0.15) is 0 Å². The van der Waals surface area contributed by atoms with Crippen LogP contribution in [-0.2, 0) is 4.52 Å². The van der Waals surface area contributed by atoms with Gasteiger partial charge in [-0.15, -0.1) is 0 Å². The van der Waals surface area contributed by atoms with Gasteiger partial charge in [-0.1, -0.05) is 0 Å². The van der Waals surface area contributed by atoms with Crippen LogP contribution in [0.5, 0.6) is 0 Å². The molecule has 0 N–H and O–H groups in total. The van der Waals surface area contributed by atoms with Crippen molar-refractivity contribution in [2.75, 3.05) is 18.9 Å². The third-order valence-electron chi connectivity index (χ3n) is 2.86. The molecule has 0 aliphatic rings. The third-order valence-corrected chi connectivity index (χ3v) is 7.37. The van der Waals surface area contributed by atoms with Crippen LogP contribution in [0, 0.1) is 0 Å². The van der Waals surface area contributed by atoms with Gasteiger partial charge >= 0.3 is 87.4 Å². The molecule has 0 aliphatic carbocycles. The quantitative estimate of drug-likeness (QED) is 0.682. The summed E-state index contributed by atoms with van der Waals surface area (Å²) in [5, 5.41) is 1.44. The molecule has 0 radical (unpaired) electrons. The van der Waals surface area contributed by atoms with Crippen molar-refractivity contribution in [2.24, 2.45) is 0 Å².